The first-order valence-corrected chi connectivity index (χ1v) is 14.8. The predicted octanol–water partition coefficient (Wildman–Crippen LogP) is 9.75. The van der Waals surface area contributed by atoms with Crippen molar-refractivity contribution in [3.8, 4) is 0 Å². The second-order valence-corrected chi connectivity index (χ2v) is 9.94. The highest BCUT2D eigenvalue weighted by Crippen LogP contribution is 2.19. The van der Waals surface area contributed by atoms with Gasteiger partial charge in [-0.3, -0.25) is 0 Å². The number of hydrogen-bond donors (Lipinski definition) is 1. The van der Waals surface area contributed by atoms with Gasteiger partial charge in [0.1, 0.15) is 6.26 Å². The lowest BCUT2D eigenvalue weighted by Crippen LogP contribution is -2.25. The summed E-state index contributed by atoms with van der Waals surface area (Å²) >= 11 is 0. The molecule has 0 unspecified atom stereocenters. The lowest BCUT2D eigenvalue weighted by molar-refractivity contribution is 0.522. The van der Waals surface area contributed by atoms with Gasteiger partial charge in [-0.25, -0.2) is 0 Å². The van der Waals surface area contributed by atoms with Crippen LogP contribution in [-0.4, -0.2) is 24.6 Å². The first kappa shape index (κ1) is 29.8. The molecule has 0 aliphatic heterocycles. The van der Waals surface area contributed by atoms with Gasteiger partial charge in [-0.05, 0) is 19.3 Å². The monoisotopic (exact) mass is 463 g/mol. The van der Waals surface area contributed by atoms with Crippen LogP contribution in [0.5, 0.6) is 0 Å². The van der Waals surface area contributed by atoms with Crippen LogP contribution in [0.3, 0.4) is 0 Å². The van der Waals surface area contributed by atoms with Crippen molar-refractivity contribution < 1.29 is 4.42 Å². The molecule has 0 aliphatic carbocycles. The molecule has 1 heterocycles. The Kier molecular flexibility index (Phi) is 20.4. The van der Waals surface area contributed by atoms with Crippen LogP contribution >= 0.6 is 0 Å². The molecule has 1 N–H and O–H groups in total. The van der Waals surface area contributed by atoms with Crippen LogP contribution in [0.4, 0.5) is 11.8 Å². The van der Waals surface area contributed by atoms with Crippen molar-refractivity contribution in [3.05, 3.63) is 6.26 Å². The minimum atomic E-state index is 0.784. The lowest BCUT2D eigenvalue weighted by atomic mass is 10.0. The van der Waals surface area contributed by atoms with E-state index in [4.69, 9.17) is 4.42 Å². The van der Waals surface area contributed by atoms with Gasteiger partial charge in [0.05, 0.1) is 0 Å². The third-order valence-corrected chi connectivity index (χ3v) is 6.66. The maximum Gasteiger partial charge on any atom is 0.299 e. The van der Waals surface area contributed by atoms with Gasteiger partial charge >= 0.3 is 0 Å². The third kappa shape index (κ3) is 17.0. The third-order valence-electron chi connectivity index (χ3n) is 6.66. The molecule has 0 amide bonds. The summed E-state index contributed by atoms with van der Waals surface area (Å²) in [6.07, 6.45) is 29.1. The fourth-order valence-corrected chi connectivity index (χ4v) is 4.38. The molecular weight excluding hydrogens is 406 g/mol. The number of anilines is 2. The van der Waals surface area contributed by atoms with Crippen molar-refractivity contribution in [2.45, 2.75) is 149 Å². The van der Waals surface area contributed by atoms with E-state index in [0.29, 0.717) is 0 Å². The Bertz CT molecular complexity index is 509. The zero-order chi connectivity index (χ0) is 23.8. The second-order valence-electron chi connectivity index (χ2n) is 9.94. The van der Waals surface area contributed by atoms with Crippen LogP contribution in [0.25, 0.3) is 0 Å². The Hall–Kier alpha value is -1.19. The Morgan fingerprint density at radius 2 is 1.03 bits per heavy atom. The Morgan fingerprint density at radius 3 is 1.48 bits per heavy atom. The van der Waals surface area contributed by atoms with Crippen LogP contribution in [-0.2, 0) is 0 Å². The van der Waals surface area contributed by atoms with Crippen molar-refractivity contribution in [2.24, 2.45) is 0 Å². The van der Waals surface area contributed by atoms with Gasteiger partial charge in [0.2, 0.25) is 0 Å². The van der Waals surface area contributed by atoms with Crippen LogP contribution in [0, 0.1) is 0 Å². The van der Waals surface area contributed by atoms with Gasteiger partial charge in [-0.1, -0.05) is 130 Å². The fourth-order valence-electron chi connectivity index (χ4n) is 4.38. The summed E-state index contributed by atoms with van der Waals surface area (Å²) < 4.78 is 5.76. The first-order valence-electron chi connectivity index (χ1n) is 14.8. The molecule has 0 aliphatic rings. The number of nitrogens with one attached hydrogen (secondary N) is 1. The van der Waals surface area contributed by atoms with Crippen LogP contribution in [0.2, 0.25) is 0 Å². The molecule has 194 valence electrons. The zero-order valence-corrected chi connectivity index (χ0v) is 22.6. The molecule has 1 rings (SSSR count). The zero-order valence-electron chi connectivity index (χ0n) is 22.6. The highest BCUT2D eigenvalue weighted by molar-refractivity contribution is 5.39. The van der Waals surface area contributed by atoms with E-state index in [1.807, 2.05) is 0 Å². The molecule has 0 aromatic carbocycles. The van der Waals surface area contributed by atoms with E-state index in [1.165, 1.54) is 128 Å². The molecule has 0 bridgehead atoms. The SMILES string of the molecule is CCCCCCCCCCCCCCCCCCNc1coc(N(CCCC)CCCC)n1. The van der Waals surface area contributed by atoms with Gasteiger partial charge in [0, 0.05) is 19.6 Å². The van der Waals surface area contributed by atoms with Gasteiger partial charge < -0.3 is 14.6 Å². The summed E-state index contributed by atoms with van der Waals surface area (Å²) in [7, 11) is 0. The van der Waals surface area contributed by atoms with Crippen molar-refractivity contribution in [2.75, 3.05) is 29.9 Å². The summed E-state index contributed by atoms with van der Waals surface area (Å²) in [6, 6.07) is 0.784. The molecule has 0 spiro atoms. The van der Waals surface area contributed by atoms with Gasteiger partial charge in [-0.2, -0.15) is 4.98 Å². The van der Waals surface area contributed by atoms with E-state index in [9.17, 15) is 0 Å². The van der Waals surface area contributed by atoms with Gasteiger partial charge in [0.15, 0.2) is 5.82 Å². The van der Waals surface area contributed by atoms with E-state index >= 15 is 0 Å². The topological polar surface area (TPSA) is 41.3 Å². The van der Waals surface area contributed by atoms with E-state index < -0.39 is 0 Å². The minimum Gasteiger partial charge on any atom is -0.430 e. The maximum absolute atomic E-state index is 5.76. The van der Waals surface area contributed by atoms with Crippen LogP contribution < -0.4 is 10.2 Å². The standard InChI is InChI=1S/C29H57N3O/c1-4-7-10-11-12-13-14-15-16-17-18-19-20-21-22-23-24-30-28-27-33-29(31-28)32(25-8-5-2)26-9-6-3/h27,30H,4-26H2,1-3H3. The summed E-state index contributed by atoms with van der Waals surface area (Å²) in [5, 5.41) is 3.45. The van der Waals surface area contributed by atoms with Gasteiger partial charge in [-0.15, -0.1) is 0 Å². The van der Waals surface area contributed by atoms with Gasteiger partial charge in [0.25, 0.3) is 6.01 Å². The second kappa shape index (κ2) is 22.6. The predicted molar refractivity (Wildman–Crippen MR) is 147 cm³/mol. The molecule has 4 nitrogen and oxygen atoms in total. The largest absolute Gasteiger partial charge is 0.430 e. The summed E-state index contributed by atoms with van der Waals surface area (Å²) in [5.41, 5.74) is 0. The van der Waals surface area contributed by atoms with Crippen molar-refractivity contribution in [1.82, 2.24) is 4.98 Å². The average molecular weight is 464 g/mol. The number of aromatic nitrogens is 1. The van der Waals surface area contributed by atoms with Crippen molar-refractivity contribution in [3.63, 3.8) is 0 Å². The first-order chi connectivity index (χ1) is 16.3. The quantitative estimate of drug-likeness (QED) is 0.146. The molecule has 0 radical (unpaired) electrons. The van der Waals surface area contributed by atoms with E-state index in [1.54, 1.807) is 6.26 Å². The number of hydrogen-bond acceptors (Lipinski definition) is 4. The van der Waals surface area contributed by atoms with E-state index in [-0.39, 0.29) is 0 Å². The average Bonchev–Trinajstić information content (AvgIpc) is 3.30. The Balaban J connectivity index is 1.93. The molecule has 1 aromatic heterocycles. The molecule has 4 heteroatoms. The Morgan fingerprint density at radius 1 is 0.606 bits per heavy atom. The number of oxazole rings is 1. The molecular formula is C29H57N3O. The highest BCUT2D eigenvalue weighted by Gasteiger charge is 2.12. The molecule has 1 aromatic rings. The summed E-state index contributed by atoms with van der Waals surface area (Å²) in [5.74, 6) is 0.893. The van der Waals surface area contributed by atoms with Crippen LogP contribution in [0.1, 0.15) is 149 Å². The number of nitrogens with zero attached hydrogens (tertiary/aromatic N) is 2. The molecule has 0 saturated carbocycles. The number of rotatable bonds is 25. The smallest absolute Gasteiger partial charge is 0.299 e. The van der Waals surface area contributed by atoms with E-state index in [0.717, 1.165) is 31.5 Å². The summed E-state index contributed by atoms with van der Waals surface area (Å²) in [6.45, 7) is 9.83. The minimum absolute atomic E-state index is 0.784. The molecule has 0 saturated heterocycles. The lowest BCUT2D eigenvalue weighted by Gasteiger charge is -2.19. The fraction of sp³-hybridized carbons (Fsp3) is 0.897. The van der Waals surface area contributed by atoms with Crippen LogP contribution in [0.15, 0.2) is 10.7 Å². The summed E-state index contributed by atoms with van der Waals surface area (Å²) in [4.78, 5) is 6.97. The Labute approximate surface area is 206 Å². The van der Waals surface area contributed by atoms with Crippen molar-refractivity contribution >= 4 is 11.8 Å². The number of unbranched alkanes of at least 4 members (excludes halogenated alkanes) is 17. The molecule has 0 fully saturated rings. The van der Waals surface area contributed by atoms with E-state index in [2.05, 4.69) is 36.0 Å². The molecule has 33 heavy (non-hydrogen) atoms. The molecule has 0 atom stereocenters. The highest BCUT2D eigenvalue weighted by atomic mass is 16.4. The van der Waals surface area contributed by atoms with Crippen molar-refractivity contribution in [1.29, 1.82) is 0 Å². The normalized spacial score (nSPS) is 11.2. The maximum atomic E-state index is 5.76.